The molecule has 0 saturated carbocycles. The molecule has 0 radical (unpaired) electrons. The van der Waals surface area contributed by atoms with Gasteiger partial charge in [0.25, 0.3) is 30.4 Å². The molecule has 17 heteroatoms. The second-order valence-electron chi connectivity index (χ2n) is 10.4. The summed E-state index contributed by atoms with van der Waals surface area (Å²) >= 11 is -2.15. The number of hydrogen-bond donors (Lipinski definition) is 3. The zero-order valence-corrected chi connectivity index (χ0v) is 23.7. The molecule has 1 aromatic carbocycles. The SMILES string of the molecule is CCC[C@@H](OC=O)[n+]1cc2n(n1)[C@H]1n3n[n+]([C@@H](CCOC=O)C(=O)O)cc3C[N+]1(CCc1ccc(NS(=O)O)cc1)C2. The molecule has 5 rings (SSSR count). The Morgan fingerprint density at radius 1 is 1.14 bits per heavy atom. The van der Waals surface area contributed by atoms with Crippen molar-refractivity contribution in [3.8, 4) is 0 Å². The summed E-state index contributed by atoms with van der Waals surface area (Å²) in [5.74, 6) is -1.09. The molecule has 0 fully saturated rings. The molecule has 2 aliphatic heterocycles. The van der Waals surface area contributed by atoms with E-state index in [1.807, 2.05) is 29.9 Å². The number of ether oxygens (including phenoxy) is 2. The van der Waals surface area contributed by atoms with Gasteiger partial charge >= 0.3 is 12.3 Å². The number of quaternary nitrogens is 1. The van der Waals surface area contributed by atoms with E-state index in [0.29, 0.717) is 49.1 Å². The van der Waals surface area contributed by atoms with Gasteiger partial charge in [-0.05, 0) is 33.5 Å². The number of rotatable bonds is 16. The fourth-order valence-corrected chi connectivity index (χ4v) is 6.13. The van der Waals surface area contributed by atoms with Crippen molar-refractivity contribution in [1.82, 2.24) is 19.8 Å². The molecule has 3 aromatic rings. The lowest BCUT2D eigenvalue weighted by Gasteiger charge is -2.28. The van der Waals surface area contributed by atoms with E-state index in [9.17, 15) is 23.7 Å². The number of anilines is 1. The Balaban J connectivity index is 1.45. The van der Waals surface area contributed by atoms with Crippen molar-refractivity contribution in [2.45, 2.75) is 64.3 Å². The Morgan fingerprint density at radius 3 is 2.40 bits per heavy atom. The Morgan fingerprint density at radius 2 is 1.81 bits per heavy atom. The van der Waals surface area contributed by atoms with Crippen molar-refractivity contribution in [2.75, 3.05) is 17.9 Å². The van der Waals surface area contributed by atoms with Crippen LogP contribution >= 0.6 is 0 Å². The summed E-state index contributed by atoms with van der Waals surface area (Å²) < 4.78 is 39.8. The van der Waals surface area contributed by atoms with Gasteiger partial charge in [0.15, 0.2) is 25.5 Å². The molecule has 0 bridgehead atoms. The van der Waals surface area contributed by atoms with Crippen LogP contribution in [0.15, 0.2) is 36.7 Å². The van der Waals surface area contributed by atoms with Gasteiger partial charge in [-0.3, -0.25) is 18.9 Å². The minimum atomic E-state index is -2.15. The number of fused-ring (bicyclic) bond motifs is 5. The maximum absolute atomic E-state index is 12.0. The van der Waals surface area contributed by atoms with E-state index in [4.69, 9.17) is 19.2 Å². The van der Waals surface area contributed by atoms with Gasteiger partial charge in [-0.15, -0.1) is 4.68 Å². The summed E-state index contributed by atoms with van der Waals surface area (Å²) in [7, 11) is 0. The summed E-state index contributed by atoms with van der Waals surface area (Å²) in [5.41, 5.74) is 3.32. The zero-order valence-electron chi connectivity index (χ0n) is 22.9. The fraction of sp³-hybridized carbons (Fsp3) is 0.480. The van der Waals surface area contributed by atoms with Gasteiger partial charge in [0, 0.05) is 24.9 Å². The van der Waals surface area contributed by atoms with Gasteiger partial charge < -0.3 is 14.6 Å². The number of carbonyl (C=O) groups excluding carboxylic acids is 2. The van der Waals surface area contributed by atoms with Crippen LogP contribution in [0.4, 0.5) is 5.69 Å². The minimum Gasteiger partial charge on any atom is -0.478 e. The lowest BCUT2D eigenvalue weighted by Crippen LogP contribution is -2.52. The lowest BCUT2D eigenvalue weighted by molar-refractivity contribution is -0.980. The first-order valence-corrected chi connectivity index (χ1v) is 14.6. The fourth-order valence-electron chi connectivity index (χ4n) is 5.79. The van der Waals surface area contributed by atoms with Crippen molar-refractivity contribution < 1.29 is 51.6 Å². The van der Waals surface area contributed by atoms with Crippen molar-refractivity contribution >= 4 is 35.9 Å². The number of nitrogens with zero attached hydrogens (tertiary/aromatic N) is 7. The number of hydrogen-bond acceptors (Lipinski definition) is 8. The molecule has 2 unspecified atom stereocenters. The largest absolute Gasteiger partial charge is 0.478 e. The third-order valence-corrected chi connectivity index (χ3v) is 8.07. The standard InChI is InChI=1S/C25H31N8O8S/c1-2-3-23(41-17-35)30-13-21-15-33(10-8-18-4-6-19(7-5-18)26-42(38)39)14-20-12-29(22(24(36)37)9-11-40-16-34)27-31(20)25(33)32(21)28-30/h4-7,12-13,16-17,22-23,25-26H,2-3,8-11,14-15H2,1H3/q+1/p+2/t22-,23+,25+,33?/m0/s1. The molecule has 16 nitrogen and oxygen atoms in total. The molecule has 0 amide bonds. The maximum atomic E-state index is 12.0. The van der Waals surface area contributed by atoms with Gasteiger partial charge in [0.05, 0.1) is 13.2 Å². The third-order valence-electron chi connectivity index (χ3n) is 7.66. The second kappa shape index (κ2) is 12.3. The molecule has 42 heavy (non-hydrogen) atoms. The van der Waals surface area contributed by atoms with Crippen LogP contribution in [0, 0.1) is 0 Å². The summed E-state index contributed by atoms with van der Waals surface area (Å²) in [6.07, 6.45) is 4.78. The van der Waals surface area contributed by atoms with Crippen LogP contribution in [-0.2, 0) is 54.6 Å². The number of benzene rings is 1. The number of carboxylic acid groups (broad SMARTS) is 1. The second-order valence-corrected chi connectivity index (χ2v) is 11.1. The normalized spacial score (nSPS) is 20.6. The van der Waals surface area contributed by atoms with Crippen LogP contribution in [-0.4, -0.2) is 70.2 Å². The van der Waals surface area contributed by atoms with Crippen LogP contribution in [0.3, 0.4) is 0 Å². The average molecular weight is 606 g/mol. The molecule has 5 atom stereocenters. The van der Waals surface area contributed by atoms with Gasteiger partial charge in [-0.1, -0.05) is 23.7 Å². The smallest absolute Gasteiger partial charge is 0.419 e. The number of nitrogens with one attached hydrogen (secondary N) is 1. The highest BCUT2D eigenvalue weighted by Crippen LogP contribution is 2.42. The highest BCUT2D eigenvalue weighted by molar-refractivity contribution is 7.80. The monoisotopic (exact) mass is 605 g/mol. The van der Waals surface area contributed by atoms with Crippen LogP contribution in [0.25, 0.3) is 0 Å². The zero-order chi connectivity index (χ0) is 29.9. The molecule has 0 saturated heterocycles. The van der Waals surface area contributed by atoms with Crippen LogP contribution in [0.2, 0.25) is 0 Å². The number of carbonyl (C=O) groups is 3. The van der Waals surface area contributed by atoms with Gasteiger partial charge in [0.2, 0.25) is 17.4 Å². The minimum absolute atomic E-state index is 0.0551. The number of aromatic nitrogens is 6. The van der Waals surface area contributed by atoms with Crippen LogP contribution < -0.4 is 14.1 Å². The summed E-state index contributed by atoms with van der Waals surface area (Å²) in [6.45, 7) is 4.53. The number of carboxylic acids is 1. The lowest BCUT2D eigenvalue weighted by atomic mass is 10.1. The van der Waals surface area contributed by atoms with Crippen LogP contribution in [0.5, 0.6) is 0 Å². The van der Waals surface area contributed by atoms with E-state index < -0.39 is 35.8 Å². The quantitative estimate of drug-likeness (QED) is 0.0658. The first-order valence-electron chi connectivity index (χ1n) is 13.5. The van der Waals surface area contributed by atoms with E-state index in [2.05, 4.69) is 9.94 Å². The molecule has 224 valence electrons. The Hall–Kier alpha value is -4.22. The summed E-state index contributed by atoms with van der Waals surface area (Å²) in [4.78, 5) is 33.8. The maximum Gasteiger partial charge on any atom is 0.419 e. The van der Waals surface area contributed by atoms with E-state index in [-0.39, 0.29) is 19.5 Å². The van der Waals surface area contributed by atoms with Crippen molar-refractivity contribution in [1.29, 1.82) is 0 Å². The van der Waals surface area contributed by atoms with E-state index in [1.165, 1.54) is 4.68 Å². The first-order chi connectivity index (χ1) is 20.3. The molecule has 3 N–H and O–H groups in total. The topological polar surface area (TPSA) is 183 Å². The predicted octanol–water partition coefficient (Wildman–Crippen LogP) is -0.0452. The molecule has 0 spiro atoms. The predicted molar refractivity (Wildman–Crippen MR) is 141 cm³/mol. The van der Waals surface area contributed by atoms with E-state index in [1.54, 1.807) is 27.7 Å². The third kappa shape index (κ3) is 5.75. The molecule has 4 heterocycles. The highest BCUT2D eigenvalue weighted by Gasteiger charge is 2.63. The van der Waals surface area contributed by atoms with Crippen molar-refractivity contribution in [2.24, 2.45) is 0 Å². The molecular weight excluding hydrogens is 572 g/mol. The van der Waals surface area contributed by atoms with Gasteiger partial charge in [-0.2, -0.15) is 0 Å². The Kier molecular flexibility index (Phi) is 8.60. The van der Waals surface area contributed by atoms with E-state index >= 15 is 0 Å². The molecular formula is C25H33N8O8S+3. The highest BCUT2D eigenvalue weighted by atomic mass is 32.2. The average Bonchev–Trinajstić information content (AvgIpc) is 3.66. The Bertz CT molecular complexity index is 1480. The van der Waals surface area contributed by atoms with Crippen LogP contribution in [0.1, 0.15) is 61.7 Å². The number of aliphatic carboxylic acids is 1. The first kappa shape index (κ1) is 29.3. The summed E-state index contributed by atoms with van der Waals surface area (Å²) in [5, 5.41) is 19.3. The van der Waals surface area contributed by atoms with E-state index in [0.717, 1.165) is 23.4 Å². The summed E-state index contributed by atoms with van der Waals surface area (Å²) in [6, 6.07) is 6.27. The van der Waals surface area contributed by atoms with Crippen molar-refractivity contribution in [3.63, 3.8) is 0 Å². The molecule has 0 aliphatic carbocycles. The molecule has 2 aromatic heterocycles. The Labute approximate surface area is 243 Å². The van der Waals surface area contributed by atoms with Gasteiger partial charge in [-0.25, -0.2) is 13.5 Å². The molecule has 2 aliphatic rings. The van der Waals surface area contributed by atoms with Gasteiger partial charge in [0.1, 0.15) is 10.4 Å². The van der Waals surface area contributed by atoms with Crippen molar-refractivity contribution in [3.05, 3.63) is 53.6 Å².